The number of aromatic nitrogens is 2. The van der Waals surface area contributed by atoms with Crippen LogP contribution < -0.4 is 15.6 Å². The molecule has 0 aliphatic heterocycles. The number of alkyl halides is 3. The molecule has 1 aromatic heterocycles. The number of hydrogen-bond acceptors (Lipinski definition) is 6. The number of nitrogens with one attached hydrogen (secondary N) is 2. The summed E-state index contributed by atoms with van der Waals surface area (Å²) >= 11 is 0. The van der Waals surface area contributed by atoms with Crippen molar-refractivity contribution in [3.63, 3.8) is 0 Å². The Morgan fingerprint density at radius 1 is 1.12 bits per heavy atom. The minimum Gasteiger partial charge on any atom is -0.468 e. The first-order valence-corrected chi connectivity index (χ1v) is 9.63. The van der Waals surface area contributed by atoms with E-state index < -0.39 is 28.9 Å². The second kappa shape index (κ2) is 8.52. The summed E-state index contributed by atoms with van der Waals surface area (Å²) < 4.78 is 51.0. The number of fused-ring (bicyclic) bond motifs is 1. The molecule has 7 nitrogen and oxygen atoms in total. The summed E-state index contributed by atoms with van der Waals surface area (Å²) in [4.78, 5) is 30.6. The molecule has 3 aromatic rings. The lowest BCUT2D eigenvalue weighted by atomic mass is 10.0. The number of aromatic amines is 1. The van der Waals surface area contributed by atoms with Crippen LogP contribution in [0.4, 0.5) is 18.9 Å². The van der Waals surface area contributed by atoms with Gasteiger partial charge in [0.2, 0.25) is 0 Å². The maximum atomic E-state index is 13.6. The minimum atomic E-state index is -4.65. The lowest BCUT2D eigenvalue weighted by molar-refractivity contribution is -0.138. The molecule has 1 heterocycles. The molecule has 0 spiro atoms. The first kappa shape index (κ1) is 23.1. The van der Waals surface area contributed by atoms with Gasteiger partial charge in [0.1, 0.15) is 5.60 Å². The number of carbonyl (C=O) groups is 1. The average Bonchev–Trinajstić information content (AvgIpc) is 2.70. The Hall–Kier alpha value is -3.56. The molecule has 32 heavy (non-hydrogen) atoms. The zero-order valence-corrected chi connectivity index (χ0v) is 17.9. The third kappa shape index (κ3) is 5.37. The molecule has 170 valence electrons. The number of benzene rings is 2. The summed E-state index contributed by atoms with van der Waals surface area (Å²) in [5, 5.41) is 2.90. The van der Waals surface area contributed by atoms with E-state index in [0.717, 1.165) is 12.1 Å². The molecule has 0 aliphatic rings. The Labute approximate surface area is 181 Å². The van der Waals surface area contributed by atoms with Crippen molar-refractivity contribution < 1.29 is 27.4 Å². The van der Waals surface area contributed by atoms with Crippen molar-refractivity contribution in [3.8, 4) is 6.01 Å². The summed E-state index contributed by atoms with van der Waals surface area (Å²) in [5.41, 5.74) is -1.60. The second-order valence-corrected chi connectivity index (χ2v) is 8.03. The van der Waals surface area contributed by atoms with E-state index in [4.69, 9.17) is 9.47 Å². The summed E-state index contributed by atoms with van der Waals surface area (Å²) in [6, 6.07) is 7.97. The maximum absolute atomic E-state index is 13.6. The van der Waals surface area contributed by atoms with Crippen LogP contribution in [-0.2, 0) is 17.5 Å². The minimum absolute atomic E-state index is 0.0101. The van der Waals surface area contributed by atoms with Crippen LogP contribution in [0.2, 0.25) is 0 Å². The van der Waals surface area contributed by atoms with Crippen LogP contribution in [0.5, 0.6) is 6.01 Å². The van der Waals surface area contributed by atoms with Gasteiger partial charge >= 0.3 is 12.1 Å². The normalized spacial score (nSPS) is 12.0. The molecule has 0 saturated carbocycles. The van der Waals surface area contributed by atoms with Crippen LogP contribution in [0.15, 0.2) is 41.2 Å². The Bertz CT molecular complexity index is 1200. The third-order valence-corrected chi connectivity index (χ3v) is 4.41. The number of methoxy groups -OCH3 is 1. The molecule has 0 amide bonds. The van der Waals surface area contributed by atoms with Crippen molar-refractivity contribution in [2.75, 3.05) is 12.4 Å². The predicted octanol–water partition coefficient (Wildman–Crippen LogP) is 4.52. The van der Waals surface area contributed by atoms with Gasteiger partial charge in [-0.1, -0.05) is 0 Å². The van der Waals surface area contributed by atoms with Crippen LogP contribution in [-0.4, -0.2) is 28.6 Å². The first-order chi connectivity index (χ1) is 14.9. The summed E-state index contributed by atoms with van der Waals surface area (Å²) in [7, 11) is 1.25. The Morgan fingerprint density at radius 2 is 1.78 bits per heavy atom. The fourth-order valence-corrected chi connectivity index (χ4v) is 2.97. The number of nitrogens with zero attached hydrogens (tertiary/aromatic N) is 1. The van der Waals surface area contributed by atoms with Crippen molar-refractivity contribution in [2.24, 2.45) is 0 Å². The second-order valence-electron chi connectivity index (χ2n) is 8.03. The van der Waals surface area contributed by atoms with Gasteiger partial charge in [-0.2, -0.15) is 18.2 Å². The van der Waals surface area contributed by atoms with Gasteiger partial charge in [-0.15, -0.1) is 0 Å². The molecule has 2 aromatic carbocycles. The van der Waals surface area contributed by atoms with E-state index in [2.05, 4.69) is 15.3 Å². The Balaban J connectivity index is 1.87. The van der Waals surface area contributed by atoms with Gasteiger partial charge in [0.05, 0.1) is 29.1 Å². The van der Waals surface area contributed by atoms with Crippen LogP contribution >= 0.6 is 0 Å². The standard InChI is InChI=1S/C22H22F3N3O4/c1-21(2,3)32-19(30)12-5-7-14(8-6-12)26-11-13-9-15-17(10-16(13)22(23,24)25)27-20(31-4)28-18(15)29/h5-10,26H,11H2,1-4H3,(H,27,28,29). The van der Waals surface area contributed by atoms with Gasteiger partial charge in [-0.3, -0.25) is 9.78 Å². The predicted molar refractivity (Wildman–Crippen MR) is 113 cm³/mol. The van der Waals surface area contributed by atoms with Gasteiger partial charge in [0.15, 0.2) is 0 Å². The van der Waals surface area contributed by atoms with Crippen molar-refractivity contribution >= 4 is 22.6 Å². The molecule has 0 atom stereocenters. The van der Waals surface area contributed by atoms with E-state index in [-0.39, 0.29) is 29.0 Å². The number of ether oxygens (including phenoxy) is 2. The van der Waals surface area contributed by atoms with E-state index in [0.29, 0.717) is 11.3 Å². The molecule has 0 aliphatic carbocycles. The van der Waals surface area contributed by atoms with Crippen LogP contribution in [0.3, 0.4) is 0 Å². The maximum Gasteiger partial charge on any atom is 0.416 e. The van der Waals surface area contributed by atoms with E-state index in [1.807, 2.05) is 0 Å². The highest BCUT2D eigenvalue weighted by Gasteiger charge is 2.34. The summed E-state index contributed by atoms with van der Waals surface area (Å²) in [6.45, 7) is 5.04. The number of carbonyl (C=O) groups excluding carboxylic acids is 1. The number of rotatable bonds is 5. The fourth-order valence-electron chi connectivity index (χ4n) is 2.97. The van der Waals surface area contributed by atoms with Crippen molar-refractivity contribution in [1.29, 1.82) is 0 Å². The van der Waals surface area contributed by atoms with E-state index in [1.54, 1.807) is 32.9 Å². The number of hydrogen-bond donors (Lipinski definition) is 2. The topological polar surface area (TPSA) is 93.3 Å². The summed E-state index contributed by atoms with van der Waals surface area (Å²) in [5.74, 6) is -0.500. The lowest BCUT2D eigenvalue weighted by Gasteiger charge is -2.19. The SMILES string of the molecule is COc1nc2cc(C(F)(F)F)c(CNc3ccc(C(=O)OC(C)(C)C)cc3)cc2c(=O)[nH]1. The van der Waals surface area contributed by atoms with Gasteiger partial charge in [0, 0.05) is 12.2 Å². The highest BCUT2D eigenvalue weighted by molar-refractivity contribution is 5.90. The monoisotopic (exact) mass is 449 g/mol. The smallest absolute Gasteiger partial charge is 0.416 e. The van der Waals surface area contributed by atoms with Gasteiger partial charge < -0.3 is 14.8 Å². The summed E-state index contributed by atoms with van der Waals surface area (Å²) in [6.07, 6.45) is -4.65. The zero-order chi connectivity index (χ0) is 23.7. The Kier molecular flexibility index (Phi) is 6.16. The van der Waals surface area contributed by atoms with E-state index >= 15 is 0 Å². The van der Waals surface area contributed by atoms with Gasteiger partial charge in [0.25, 0.3) is 11.6 Å². The first-order valence-electron chi connectivity index (χ1n) is 9.63. The number of H-pyrrole nitrogens is 1. The van der Waals surface area contributed by atoms with Gasteiger partial charge in [-0.25, -0.2) is 4.79 Å². The third-order valence-electron chi connectivity index (χ3n) is 4.41. The van der Waals surface area contributed by atoms with Crippen LogP contribution in [0.25, 0.3) is 10.9 Å². The molecule has 2 N–H and O–H groups in total. The Morgan fingerprint density at radius 3 is 2.34 bits per heavy atom. The molecule has 0 fully saturated rings. The number of esters is 1. The van der Waals surface area contributed by atoms with Crippen LogP contribution in [0.1, 0.15) is 42.3 Å². The molecular formula is C22H22F3N3O4. The molecule has 0 saturated heterocycles. The fraction of sp³-hybridized carbons (Fsp3) is 0.318. The highest BCUT2D eigenvalue weighted by Crippen LogP contribution is 2.34. The molecule has 10 heteroatoms. The number of anilines is 1. The van der Waals surface area contributed by atoms with Crippen molar-refractivity contribution in [3.05, 3.63) is 63.4 Å². The number of halogens is 3. The molecule has 0 radical (unpaired) electrons. The largest absolute Gasteiger partial charge is 0.468 e. The van der Waals surface area contributed by atoms with E-state index in [1.165, 1.54) is 19.2 Å². The molecule has 0 bridgehead atoms. The van der Waals surface area contributed by atoms with Crippen LogP contribution in [0, 0.1) is 0 Å². The lowest BCUT2D eigenvalue weighted by Crippen LogP contribution is -2.23. The average molecular weight is 449 g/mol. The highest BCUT2D eigenvalue weighted by atomic mass is 19.4. The molecule has 3 rings (SSSR count). The van der Waals surface area contributed by atoms with Crippen molar-refractivity contribution in [1.82, 2.24) is 9.97 Å². The van der Waals surface area contributed by atoms with E-state index in [9.17, 15) is 22.8 Å². The molecular weight excluding hydrogens is 427 g/mol. The molecule has 0 unspecified atom stereocenters. The van der Waals surface area contributed by atoms with Gasteiger partial charge in [-0.05, 0) is 62.7 Å². The quantitative estimate of drug-likeness (QED) is 0.557. The van der Waals surface area contributed by atoms with Crippen molar-refractivity contribution in [2.45, 2.75) is 39.1 Å². The zero-order valence-electron chi connectivity index (χ0n) is 17.9.